The van der Waals surface area contributed by atoms with Gasteiger partial charge >= 0.3 is 0 Å². The van der Waals surface area contributed by atoms with Crippen molar-refractivity contribution in [1.29, 1.82) is 0 Å². The normalized spacial score (nSPS) is 16.4. The first kappa shape index (κ1) is 15.7. The van der Waals surface area contributed by atoms with Gasteiger partial charge in [-0.05, 0) is 55.5 Å². The van der Waals surface area contributed by atoms with Crippen molar-refractivity contribution in [1.82, 2.24) is 0 Å². The van der Waals surface area contributed by atoms with Crippen LogP contribution in [0.3, 0.4) is 0 Å². The van der Waals surface area contributed by atoms with E-state index in [0.717, 1.165) is 48.1 Å². The van der Waals surface area contributed by atoms with Crippen LogP contribution in [-0.2, 0) is 12.8 Å². The molecule has 2 aromatic rings. The van der Waals surface area contributed by atoms with Gasteiger partial charge < -0.3 is 14.9 Å². The second kappa shape index (κ2) is 6.15. The molecule has 3 rings (SSSR count). The lowest BCUT2D eigenvalue weighted by Crippen LogP contribution is -2.05. The number of hydrogen-bond acceptors (Lipinski definition) is 3. The Morgan fingerprint density at radius 3 is 2.48 bits per heavy atom. The van der Waals surface area contributed by atoms with E-state index in [1.54, 1.807) is 19.2 Å². The van der Waals surface area contributed by atoms with Gasteiger partial charge in [0.25, 0.3) is 0 Å². The average Bonchev–Trinajstić information content (AvgIpc) is 2.98. The van der Waals surface area contributed by atoms with Crippen LogP contribution in [0.5, 0.6) is 17.2 Å². The number of ether oxygens (including phenoxy) is 1. The molecule has 0 spiro atoms. The van der Waals surface area contributed by atoms with Crippen LogP contribution in [0.2, 0.25) is 0 Å². The fraction of sp³-hybridized carbons (Fsp3) is 0.400. The molecule has 0 amide bonds. The van der Waals surface area contributed by atoms with Gasteiger partial charge in [-0.15, -0.1) is 0 Å². The van der Waals surface area contributed by atoms with E-state index in [1.807, 2.05) is 12.1 Å². The van der Waals surface area contributed by atoms with Crippen molar-refractivity contribution >= 4 is 0 Å². The molecule has 0 radical (unpaired) electrons. The molecule has 0 saturated heterocycles. The predicted octanol–water partition coefficient (Wildman–Crippen LogP) is 4.45. The van der Waals surface area contributed by atoms with Gasteiger partial charge in [0, 0.05) is 22.6 Å². The van der Waals surface area contributed by atoms with Crippen LogP contribution in [0.15, 0.2) is 24.3 Å². The largest absolute Gasteiger partial charge is 0.508 e. The van der Waals surface area contributed by atoms with Crippen LogP contribution < -0.4 is 4.74 Å². The summed E-state index contributed by atoms with van der Waals surface area (Å²) in [6, 6.07) is 7.27. The maximum absolute atomic E-state index is 10.5. The second-order valence-corrected chi connectivity index (χ2v) is 6.31. The number of phenols is 2. The van der Waals surface area contributed by atoms with Crippen molar-refractivity contribution < 1.29 is 14.9 Å². The number of hydrogen-bond donors (Lipinski definition) is 2. The van der Waals surface area contributed by atoms with Gasteiger partial charge in [0.2, 0.25) is 0 Å². The van der Waals surface area contributed by atoms with Crippen LogP contribution in [0.1, 0.15) is 53.5 Å². The zero-order valence-electron chi connectivity index (χ0n) is 14.0. The quantitative estimate of drug-likeness (QED) is 0.877. The Bertz CT molecular complexity index is 734. The molecule has 0 aromatic heterocycles. The maximum atomic E-state index is 10.5. The van der Waals surface area contributed by atoms with Crippen LogP contribution in [0.25, 0.3) is 0 Å². The third-order valence-electron chi connectivity index (χ3n) is 4.96. The summed E-state index contributed by atoms with van der Waals surface area (Å²) in [5, 5.41) is 21.0. The number of methoxy groups -OCH3 is 1. The molecule has 0 saturated carbocycles. The molecular formula is C20H24O3. The monoisotopic (exact) mass is 312 g/mol. The van der Waals surface area contributed by atoms with Gasteiger partial charge in [-0.25, -0.2) is 0 Å². The summed E-state index contributed by atoms with van der Waals surface area (Å²) in [7, 11) is 1.67. The van der Waals surface area contributed by atoms with Crippen LogP contribution in [0, 0.1) is 6.92 Å². The van der Waals surface area contributed by atoms with Crippen molar-refractivity contribution in [3.8, 4) is 17.2 Å². The van der Waals surface area contributed by atoms with Crippen molar-refractivity contribution in [3.05, 3.63) is 52.1 Å². The first-order valence-corrected chi connectivity index (χ1v) is 8.28. The van der Waals surface area contributed by atoms with Crippen molar-refractivity contribution in [2.24, 2.45) is 0 Å². The fourth-order valence-electron chi connectivity index (χ4n) is 3.92. The Hall–Kier alpha value is -2.16. The lowest BCUT2D eigenvalue weighted by molar-refractivity contribution is 0.403. The van der Waals surface area contributed by atoms with Crippen LogP contribution in [-0.4, -0.2) is 17.3 Å². The molecule has 2 N–H and O–H groups in total. The van der Waals surface area contributed by atoms with E-state index in [4.69, 9.17) is 4.74 Å². The third kappa shape index (κ3) is 2.54. The molecule has 0 heterocycles. The minimum absolute atomic E-state index is 0.0292. The van der Waals surface area contributed by atoms with E-state index < -0.39 is 0 Å². The second-order valence-electron chi connectivity index (χ2n) is 6.31. The summed E-state index contributed by atoms with van der Waals surface area (Å²) >= 11 is 0. The van der Waals surface area contributed by atoms with Crippen molar-refractivity contribution in [3.63, 3.8) is 0 Å². The van der Waals surface area contributed by atoms with E-state index in [1.165, 1.54) is 11.1 Å². The van der Waals surface area contributed by atoms with Gasteiger partial charge in [-0.1, -0.05) is 19.4 Å². The Kier molecular flexibility index (Phi) is 4.20. The van der Waals surface area contributed by atoms with Crippen molar-refractivity contribution in [2.75, 3.05) is 7.11 Å². The molecule has 23 heavy (non-hydrogen) atoms. The zero-order valence-corrected chi connectivity index (χ0v) is 14.0. The first-order valence-electron chi connectivity index (χ1n) is 8.28. The number of benzene rings is 2. The molecule has 1 aliphatic carbocycles. The Morgan fingerprint density at radius 1 is 1.09 bits per heavy atom. The maximum Gasteiger partial charge on any atom is 0.122 e. The van der Waals surface area contributed by atoms with E-state index >= 15 is 0 Å². The van der Waals surface area contributed by atoms with Crippen LogP contribution >= 0.6 is 0 Å². The summed E-state index contributed by atoms with van der Waals surface area (Å²) in [6.45, 7) is 4.20. The Morgan fingerprint density at radius 2 is 1.78 bits per heavy atom. The van der Waals surface area contributed by atoms with Crippen molar-refractivity contribution in [2.45, 2.75) is 45.4 Å². The highest BCUT2D eigenvalue weighted by atomic mass is 16.5. The molecule has 0 aliphatic heterocycles. The summed E-state index contributed by atoms with van der Waals surface area (Å²) in [6.07, 6.45) is 3.67. The number of aryl methyl sites for hydroxylation is 1. The minimum atomic E-state index is 0.0292. The SMILES string of the molecule is CCCc1c(OC)ccc(O)c1C1CCc2c(C)ccc(O)c21. The summed E-state index contributed by atoms with van der Waals surface area (Å²) in [4.78, 5) is 0. The standard InChI is InChI=1S/C20H24O3/c1-4-5-14-18(23-3)11-10-17(22)20(14)15-8-7-13-12(2)6-9-16(21)19(13)15/h6,9-11,15,21-22H,4-5,7-8H2,1-3H3. The van der Waals surface area contributed by atoms with Crippen LogP contribution in [0.4, 0.5) is 0 Å². The van der Waals surface area contributed by atoms with E-state index in [0.29, 0.717) is 11.5 Å². The Balaban J connectivity index is 2.21. The molecule has 122 valence electrons. The third-order valence-corrected chi connectivity index (χ3v) is 4.96. The van der Waals surface area contributed by atoms with E-state index in [9.17, 15) is 10.2 Å². The highest BCUT2D eigenvalue weighted by Gasteiger charge is 2.32. The first-order chi connectivity index (χ1) is 11.1. The van der Waals surface area contributed by atoms with E-state index in [2.05, 4.69) is 13.8 Å². The summed E-state index contributed by atoms with van der Waals surface area (Å²) in [5.74, 6) is 1.48. The molecular weight excluding hydrogens is 288 g/mol. The highest BCUT2D eigenvalue weighted by Crippen LogP contribution is 2.49. The number of phenolic OH excluding ortho intramolecular Hbond substituents is 2. The topological polar surface area (TPSA) is 49.7 Å². The minimum Gasteiger partial charge on any atom is -0.508 e. The number of fused-ring (bicyclic) bond motifs is 1. The zero-order chi connectivity index (χ0) is 16.6. The molecule has 1 atom stereocenters. The molecule has 0 fully saturated rings. The fourth-order valence-corrected chi connectivity index (χ4v) is 3.92. The van der Waals surface area contributed by atoms with Gasteiger partial charge in [0.15, 0.2) is 0 Å². The number of aromatic hydroxyl groups is 2. The van der Waals surface area contributed by atoms with Gasteiger partial charge in [-0.3, -0.25) is 0 Å². The van der Waals surface area contributed by atoms with E-state index in [-0.39, 0.29) is 5.92 Å². The molecule has 3 heteroatoms. The van der Waals surface area contributed by atoms with Gasteiger partial charge in [0.05, 0.1) is 7.11 Å². The van der Waals surface area contributed by atoms with Gasteiger partial charge in [-0.2, -0.15) is 0 Å². The Labute approximate surface area is 137 Å². The summed E-state index contributed by atoms with van der Waals surface area (Å²) < 4.78 is 5.52. The number of rotatable bonds is 4. The molecule has 1 aliphatic rings. The predicted molar refractivity (Wildman–Crippen MR) is 91.7 cm³/mol. The summed E-state index contributed by atoms with van der Waals surface area (Å²) in [5.41, 5.74) is 5.39. The average molecular weight is 312 g/mol. The lowest BCUT2D eigenvalue weighted by Gasteiger charge is -2.21. The molecule has 2 aromatic carbocycles. The molecule has 1 unspecified atom stereocenters. The molecule has 3 nitrogen and oxygen atoms in total. The highest BCUT2D eigenvalue weighted by molar-refractivity contribution is 5.59. The molecule has 0 bridgehead atoms. The lowest BCUT2D eigenvalue weighted by atomic mass is 9.86. The van der Waals surface area contributed by atoms with Gasteiger partial charge in [0.1, 0.15) is 17.2 Å². The smallest absolute Gasteiger partial charge is 0.122 e.